The van der Waals surface area contributed by atoms with Gasteiger partial charge in [0.15, 0.2) is 0 Å². The van der Waals surface area contributed by atoms with Gasteiger partial charge in [-0.3, -0.25) is 9.78 Å². The average Bonchev–Trinajstić information content (AvgIpc) is 3.80. The number of benzene rings is 3. The molecule has 0 spiro atoms. The second-order valence-corrected chi connectivity index (χ2v) is 15.6. The van der Waals surface area contributed by atoms with Crippen LogP contribution in [0.25, 0.3) is 11.1 Å². The van der Waals surface area contributed by atoms with Crippen molar-refractivity contribution < 1.29 is 23.4 Å². The van der Waals surface area contributed by atoms with Gasteiger partial charge in [-0.05, 0) is 98.4 Å². The van der Waals surface area contributed by atoms with E-state index in [0.717, 1.165) is 78.9 Å². The molecule has 1 aliphatic carbocycles. The number of hydrogen-bond donors (Lipinski definition) is 2. The lowest BCUT2D eigenvalue weighted by atomic mass is 9.93. The molecule has 0 unspecified atom stereocenters. The Kier molecular flexibility index (Phi) is 12.2. The number of fused-ring (bicyclic) bond motifs is 1. The van der Waals surface area contributed by atoms with Crippen LogP contribution in [0, 0.1) is 18.3 Å². The number of ether oxygens (including phenoxy) is 3. The zero-order chi connectivity index (χ0) is 38.4. The van der Waals surface area contributed by atoms with E-state index in [0.29, 0.717) is 61.0 Å². The fraction of sp³-hybridized carbons (Fsp3) is 0.432. The van der Waals surface area contributed by atoms with Crippen LogP contribution in [0.1, 0.15) is 84.9 Å². The third kappa shape index (κ3) is 9.58. The molecule has 2 saturated heterocycles. The molecule has 1 aromatic heterocycles. The van der Waals surface area contributed by atoms with Crippen LogP contribution < -0.4 is 24.8 Å². The number of carbonyl (C=O) groups excluding carboxylic acids is 1. The van der Waals surface area contributed by atoms with Crippen LogP contribution in [0.4, 0.5) is 4.39 Å². The molecular formula is C44H49ClFN5O4. The Labute approximate surface area is 328 Å². The highest BCUT2D eigenvalue weighted by molar-refractivity contribution is 6.32. The Morgan fingerprint density at radius 2 is 1.85 bits per heavy atom. The number of carbonyl (C=O) groups is 1. The van der Waals surface area contributed by atoms with Crippen LogP contribution in [0.5, 0.6) is 17.2 Å². The smallest absolute Gasteiger partial charge is 0.220 e. The highest BCUT2D eigenvalue weighted by atomic mass is 35.5. The first kappa shape index (κ1) is 38.6. The molecule has 11 heteroatoms. The maximum atomic E-state index is 14.2. The number of pyridine rings is 1. The molecule has 2 aliphatic heterocycles. The number of halogens is 2. The highest BCUT2D eigenvalue weighted by Gasteiger charge is 2.30. The molecule has 2 atom stereocenters. The zero-order valence-corrected chi connectivity index (χ0v) is 32.4. The van der Waals surface area contributed by atoms with Crippen LogP contribution in [-0.4, -0.2) is 60.3 Å². The molecule has 0 radical (unpaired) electrons. The Bertz CT molecular complexity index is 2040. The molecule has 288 valence electrons. The molecule has 0 saturated carbocycles. The third-order valence-electron chi connectivity index (χ3n) is 11.1. The van der Waals surface area contributed by atoms with E-state index in [-0.39, 0.29) is 24.7 Å². The van der Waals surface area contributed by atoms with Crippen molar-refractivity contribution in [1.82, 2.24) is 20.5 Å². The van der Waals surface area contributed by atoms with Crippen molar-refractivity contribution in [3.8, 4) is 34.4 Å². The number of hydrogen-bond acceptors (Lipinski definition) is 8. The van der Waals surface area contributed by atoms with Crippen molar-refractivity contribution in [3.63, 3.8) is 0 Å². The van der Waals surface area contributed by atoms with Gasteiger partial charge in [0.25, 0.3) is 0 Å². The molecule has 1 amide bonds. The Balaban J connectivity index is 1.04. The number of aromatic nitrogens is 1. The SMILES string of the molecule is Cc1c(OCCCN2CCC(C)(F)CC2)cccc1-c1cccc2c1CC[C@@H]2Oc1cc(OCc2cncc(C#N)c2)c(CNC[C@@H]2CCC(=O)N2)cc1Cl. The van der Waals surface area contributed by atoms with Gasteiger partial charge < -0.3 is 29.7 Å². The maximum absolute atomic E-state index is 14.2. The summed E-state index contributed by atoms with van der Waals surface area (Å²) < 4.78 is 33.6. The van der Waals surface area contributed by atoms with Crippen molar-refractivity contribution >= 4 is 17.5 Å². The van der Waals surface area contributed by atoms with Crippen LogP contribution in [0.15, 0.2) is 67.0 Å². The first-order valence-electron chi connectivity index (χ1n) is 19.4. The van der Waals surface area contributed by atoms with Gasteiger partial charge in [-0.25, -0.2) is 4.39 Å². The second kappa shape index (κ2) is 17.4. The van der Waals surface area contributed by atoms with Crippen molar-refractivity contribution in [2.45, 2.75) is 89.8 Å². The monoisotopic (exact) mass is 765 g/mol. The molecule has 9 nitrogen and oxygen atoms in total. The normalized spacial score (nSPS) is 19.1. The van der Waals surface area contributed by atoms with Gasteiger partial charge in [-0.1, -0.05) is 41.9 Å². The van der Waals surface area contributed by atoms with Crippen LogP contribution in [-0.2, 0) is 24.4 Å². The summed E-state index contributed by atoms with van der Waals surface area (Å²) in [5.41, 5.74) is 6.88. The summed E-state index contributed by atoms with van der Waals surface area (Å²) in [4.78, 5) is 18.2. The van der Waals surface area contributed by atoms with Crippen molar-refractivity contribution in [3.05, 3.63) is 105 Å². The number of likely N-dealkylation sites (tertiary alicyclic amines) is 1. The minimum atomic E-state index is -1.03. The first-order chi connectivity index (χ1) is 26.7. The summed E-state index contributed by atoms with van der Waals surface area (Å²) in [6, 6.07) is 20.4. The largest absolute Gasteiger partial charge is 0.493 e. The first-order valence-corrected chi connectivity index (χ1v) is 19.8. The van der Waals surface area contributed by atoms with E-state index in [1.54, 1.807) is 19.2 Å². The molecule has 55 heavy (non-hydrogen) atoms. The lowest BCUT2D eigenvalue weighted by molar-refractivity contribution is -0.119. The topological polar surface area (TPSA) is 109 Å². The predicted octanol–water partition coefficient (Wildman–Crippen LogP) is 8.19. The number of amides is 1. The van der Waals surface area contributed by atoms with Crippen LogP contribution in [0.3, 0.4) is 0 Å². The van der Waals surface area contributed by atoms with E-state index in [1.165, 1.54) is 17.3 Å². The van der Waals surface area contributed by atoms with E-state index < -0.39 is 5.67 Å². The van der Waals surface area contributed by atoms with Gasteiger partial charge in [0.05, 0.1) is 17.2 Å². The minimum Gasteiger partial charge on any atom is -0.493 e. The Morgan fingerprint density at radius 3 is 2.65 bits per heavy atom. The van der Waals surface area contributed by atoms with Gasteiger partial charge in [-0.15, -0.1) is 0 Å². The summed E-state index contributed by atoms with van der Waals surface area (Å²) in [5, 5.41) is 16.3. The van der Waals surface area contributed by atoms with Gasteiger partial charge in [-0.2, -0.15) is 5.26 Å². The summed E-state index contributed by atoms with van der Waals surface area (Å²) in [6.45, 7) is 8.28. The lowest BCUT2D eigenvalue weighted by Crippen LogP contribution is -2.40. The summed E-state index contributed by atoms with van der Waals surface area (Å²) in [6.07, 6.45) is 8.10. The fourth-order valence-electron chi connectivity index (χ4n) is 7.86. The Morgan fingerprint density at radius 1 is 1.04 bits per heavy atom. The van der Waals surface area contributed by atoms with Crippen molar-refractivity contribution in [2.24, 2.45) is 0 Å². The number of nitrogens with one attached hydrogen (secondary N) is 2. The molecule has 2 fully saturated rings. The number of alkyl halides is 1. The number of nitrogens with zero attached hydrogens (tertiary/aromatic N) is 3. The maximum Gasteiger partial charge on any atom is 0.220 e. The molecule has 7 rings (SSSR count). The average molecular weight is 766 g/mol. The standard InChI is InChI=1S/C44H49ClFN5O4/c1-29-34(6-4-9-39(29)53-19-5-16-51-17-14-44(2,46)15-18-51)35-7-3-8-37-36(35)11-12-40(37)55-42-22-41(54-28-31-20-30(23-47)24-48-25-31)32(21-38(42)45)26-49-27-33-10-13-43(52)50-33/h3-4,6-9,20-22,24-25,33,40,49H,5,10-19,26-28H2,1-2H3,(H,50,52)/t33-,40-/m0/s1. The molecule has 3 aromatic carbocycles. The van der Waals surface area contributed by atoms with E-state index in [4.69, 9.17) is 25.8 Å². The van der Waals surface area contributed by atoms with E-state index in [2.05, 4.69) is 63.8 Å². The van der Waals surface area contributed by atoms with E-state index in [1.807, 2.05) is 18.2 Å². The summed E-state index contributed by atoms with van der Waals surface area (Å²) >= 11 is 6.92. The molecular weight excluding hydrogens is 717 g/mol. The van der Waals surface area contributed by atoms with Crippen LogP contribution in [0.2, 0.25) is 5.02 Å². The number of rotatable bonds is 15. The lowest BCUT2D eigenvalue weighted by Gasteiger charge is -2.34. The van der Waals surface area contributed by atoms with Crippen molar-refractivity contribution in [1.29, 1.82) is 5.26 Å². The van der Waals surface area contributed by atoms with Crippen LogP contribution >= 0.6 is 11.6 Å². The third-order valence-corrected chi connectivity index (χ3v) is 11.4. The number of nitriles is 1. The summed E-state index contributed by atoms with van der Waals surface area (Å²) in [5.74, 6) is 2.11. The quantitative estimate of drug-likeness (QED) is 0.117. The second-order valence-electron chi connectivity index (χ2n) is 15.2. The van der Waals surface area contributed by atoms with Gasteiger partial charge in [0, 0.05) is 74.8 Å². The molecule has 4 aromatic rings. The van der Waals surface area contributed by atoms with Gasteiger partial charge in [0.2, 0.25) is 5.91 Å². The highest BCUT2D eigenvalue weighted by Crippen LogP contribution is 2.44. The predicted molar refractivity (Wildman–Crippen MR) is 211 cm³/mol. The Hall–Kier alpha value is -4.69. The number of piperidine rings is 1. The zero-order valence-electron chi connectivity index (χ0n) is 31.6. The van der Waals surface area contributed by atoms with E-state index >= 15 is 0 Å². The molecule has 2 N–H and O–H groups in total. The molecule has 0 bridgehead atoms. The fourth-order valence-corrected chi connectivity index (χ4v) is 8.09. The van der Waals surface area contributed by atoms with Gasteiger partial charge in [0.1, 0.15) is 41.7 Å². The van der Waals surface area contributed by atoms with Gasteiger partial charge >= 0.3 is 0 Å². The molecule has 3 heterocycles. The minimum absolute atomic E-state index is 0.0799. The van der Waals surface area contributed by atoms with Crippen molar-refractivity contribution in [2.75, 3.05) is 32.8 Å². The molecule has 3 aliphatic rings. The van der Waals surface area contributed by atoms with E-state index in [9.17, 15) is 14.4 Å². The summed E-state index contributed by atoms with van der Waals surface area (Å²) in [7, 11) is 0.